The zero-order valence-corrected chi connectivity index (χ0v) is 14.5. The molecule has 2 heterocycles. The fourth-order valence-corrected chi connectivity index (χ4v) is 3.90. The molecule has 2 aromatic rings. The standard InChI is InChI=1S/C19H25N5/c1-19(2)7-3-4-14-12-15(5-6-16(14)19)17-21-13-22-18(23-17)24-10-8-20-9-11-24/h5-6,12-13,20H,3-4,7-11H2,1-2H3. The molecule has 1 aromatic heterocycles. The molecular weight excluding hydrogens is 298 g/mol. The minimum absolute atomic E-state index is 0.275. The van der Waals surface area contributed by atoms with Gasteiger partial charge in [-0.25, -0.2) is 9.97 Å². The van der Waals surface area contributed by atoms with Crippen molar-refractivity contribution in [3.8, 4) is 11.4 Å². The van der Waals surface area contributed by atoms with Crippen LogP contribution in [0.4, 0.5) is 5.95 Å². The minimum Gasteiger partial charge on any atom is -0.338 e. The van der Waals surface area contributed by atoms with Crippen molar-refractivity contribution in [3.05, 3.63) is 35.7 Å². The number of hydrogen-bond donors (Lipinski definition) is 1. The monoisotopic (exact) mass is 323 g/mol. The molecule has 24 heavy (non-hydrogen) atoms. The van der Waals surface area contributed by atoms with E-state index in [9.17, 15) is 0 Å². The number of aromatic nitrogens is 3. The fourth-order valence-electron chi connectivity index (χ4n) is 3.90. The van der Waals surface area contributed by atoms with Crippen LogP contribution in [0.1, 0.15) is 37.8 Å². The summed E-state index contributed by atoms with van der Waals surface area (Å²) in [4.78, 5) is 15.8. The van der Waals surface area contributed by atoms with Crippen LogP contribution in [-0.2, 0) is 11.8 Å². The quantitative estimate of drug-likeness (QED) is 0.920. The lowest BCUT2D eigenvalue weighted by Crippen LogP contribution is -2.44. The van der Waals surface area contributed by atoms with Gasteiger partial charge >= 0.3 is 0 Å². The second-order valence-electron chi connectivity index (χ2n) is 7.46. The summed E-state index contributed by atoms with van der Waals surface area (Å²) in [6.45, 7) is 8.54. The van der Waals surface area contributed by atoms with Gasteiger partial charge in [-0.05, 0) is 41.9 Å². The molecule has 1 aliphatic carbocycles. The summed E-state index contributed by atoms with van der Waals surface area (Å²) in [5, 5.41) is 3.36. The van der Waals surface area contributed by atoms with E-state index in [4.69, 9.17) is 4.98 Å². The van der Waals surface area contributed by atoms with E-state index >= 15 is 0 Å². The number of anilines is 1. The van der Waals surface area contributed by atoms with Crippen molar-refractivity contribution in [2.75, 3.05) is 31.1 Å². The zero-order chi connectivity index (χ0) is 16.6. The van der Waals surface area contributed by atoms with Crippen molar-refractivity contribution in [2.24, 2.45) is 0 Å². The van der Waals surface area contributed by atoms with Gasteiger partial charge in [0, 0.05) is 31.7 Å². The lowest BCUT2D eigenvalue weighted by atomic mass is 9.72. The molecule has 0 unspecified atom stereocenters. The number of rotatable bonds is 2. The third-order valence-corrected chi connectivity index (χ3v) is 5.30. The summed E-state index contributed by atoms with van der Waals surface area (Å²) in [5.74, 6) is 1.57. The molecule has 1 aliphatic heterocycles. The molecule has 1 aromatic carbocycles. The van der Waals surface area contributed by atoms with Gasteiger partial charge in [-0.3, -0.25) is 0 Å². The van der Waals surface area contributed by atoms with Crippen LogP contribution in [-0.4, -0.2) is 41.1 Å². The number of fused-ring (bicyclic) bond motifs is 1. The maximum absolute atomic E-state index is 4.73. The number of aryl methyl sites for hydroxylation is 1. The molecular formula is C19H25N5. The molecule has 1 N–H and O–H groups in total. The molecule has 0 saturated carbocycles. The predicted molar refractivity (Wildman–Crippen MR) is 96.3 cm³/mol. The van der Waals surface area contributed by atoms with Gasteiger partial charge in [0.05, 0.1) is 0 Å². The van der Waals surface area contributed by atoms with Gasteiger partial charge in [0.2, 0.25) is 5.95 Å². The van der Waals surface area contributed by atoms with Gasteiger partial charge in [0.1, 0.15) is 6.33 Å². The van der Waals surface area contributed by atoms with Crippen LogP contribution < -0.4 is 10.2 Å². The highest BCUT2D eigenvalue weighted by molar-refractivity contribution is 5.59. The van der Waals surface area contributed by atoms with Crippen molar-refractivity contribution in [1.29, 1.82) is 0 Å². The number of hydrogen-bond acceptors (Lipinski definition) is 5. The van der Waals surface area contributed by atoms with Gasteiger partial charge in [-0.2, -0.15) is 4.98 Å². The molecule has 4 rings (SSSR count). The molecule has 1 fully saturated rings. The third-order valence-electron chi connectivity index (χ3n) is 5.30. The second kappa shape index (κ2) is 6.13. The third kappa shape index (κ3) is 2.88. The summed E-state index contributed by atoms with van der Waals surface area (Å²) >= 11 is 0. The van der Waals surface area contributed by atoms with Crippen molar-refractivity contribution in [3.63, 3.8) is 0 Å². The molecule has 0 spiro atoms. The Morgan fingerprint density at radius 1 is 1.12 bits per heavy atom. The maximum Gasteiger partial charge on any atom is 0.228 e. The number of nitrogens with zero attached hydrogens (tertiary/aromatic N) is 4. The normalized spacial score (nSPS) is 19.8. The van der Waals surface area contributed by atoms with E-state index in [1.165, 1.54) is 24.0 Å². The van der Waals surface area contributed by atoms with Gasteiger partial charge in [-0.15, -0.1) is 0 Å². The molecule has 1 saturated heterocycles. The molecule has 0 atom stereocenters. The van der Waals surface area contributed by atoms with Crippen LogP contribution in [0.25, 0.3) is 11.4 Å². The van der Waals surface area contributed by atoms with Crippen LogP contribution in [0.3, 0.4) is 0 Å². The zero-order valence-electron chi connectivity index (χ0n) is 14.5. The molecule has 2 aliphatic rings. The van der Waals surface area contributed by atoms with Crippen molar-refractivity contribution in [1.82, 2.24) is 20.3 Å². The minimum atomic E-state index is 0.275. The van der Waals surface area contributed by atoms with Crippen molar-refractivity contribution >= 4 is 5.95 Å². The first-order chi connectivity index (χ1) is 11.6. The van der Waals surface area contributed by atoms with Crippen LogP contribution >= 0.6 is 0 Å². The highest BCUT2D eigenvalue weighted by Crippen LogP contribution is 2.38. The maximum atomic E-state index is 4.73. The van der Waals surface area contributed by atoms with E-state index in [-0.39, 0.29) is 5.41 Å². The van der Waals surface area contributed by atoms with Gasteiger partial charge in [-0.1, -0.05) is 26.0 Å². The largest absolute Gasteiger partial charge is 0.338 e. The highest BCUT2D eigenvalue weighted by atomic mass is 15.3. The lowest BCUT2D eigenvalue weighted by molar-refractivity contribution is 0.432. The van der Waals surface area contributed by atoms with Gasteiger partial charge < -0.3 is 10.2 Å². The fraction of sp³-hybridized carbons (Fsp3) is 0.526. The van der Waals surface area contributed by atoms with Crippen molar-refractivity contribution < 1.29 is 0 Å². The van der Waals surface area contributed by atoms with Gasteiger partial charge in [0.25, 0.3) is 0 Å². The average molecular weight is 323 g/mol. The molecule has 5 nitrogen and oxygen atoms in total. The van der Waals surface area contributed by atoms with E-state index < -0.39 is 0 Å². The average Bonchev–Trinajstić information content (AvgIpc) is 2.62. The predicted octanol–water partition coefficient (Wildman–Crippen LogP) is 2.56. The smallest absolute Gasteiger partial charge is 0.228 e. The number of benzene rings is 1. The van der Waals surface area contributed by atoms with E-state index in [1.54, 1.807) is 6.33 Å². The first-order valence-corrected chi connectivity index (χ1v) is 8.92. The SMILES string of the molecule is CC1(C)CCCc2cc(-c3ncnc(N4CCNCC4)n3)ccc21. The summed E-state index contributed by atoms with van der Waals surface area (Å²) in [5.41, 5.74) is 4.31. The molecule has 5 heteroatoms. The topological polar surface area (TPSA) is 53.9 Å². The summed E-state index contributed by atoms with van der Waals surface area (Å²) in [6, 6.07) is 6.73. The molecule has 0 radical (unpaired) electrons. The van der Waals surface area contributed by atoms with E-state index in [1.807, 2.05) is 0 Å². The van der Waals surface area contributed by atoms with Crippen LogP contribution in [0.15, 0.2) is 24.5 Å². The first-order valence-electron chi connectivity index (χ1n) is 8.92. The Labute approximate surface area is 143 Å². The summed E-state index contributed by atoms with van der Waals surface area (Å²) in [7, 11) is 0. The number of piperazine rings is 1. The van der Waals surface area contributed by atoms with Crippen molar-refractivity contribution in [2.45, 2.75) is 38.5 Å². The Morgan fingerprint density at radius 3 is 2.79 bits per heavy atom. The van der Waals surface area contributed by atoms with E-state index in [0.29, 0.717) is 0 Å². The molecule has 126 valence electrons. The van der Waals surface area contributed by atoms with Crippen LogP contribution in [0.5, 0.6) is 0 Å². The Morgan fingerprint density at radius 2 is 1.96 bits per heavy atom. The Hall–Kier alpha value is -2.01. The lowest BCUT2D eigenvalue weighted by Gasteiger charge is -2.32. The Bertz CT molecular complexity index is 734. The second-order valence-corrected chi connectivity index (χ2v) is 7.46. The summed E-state index contributed by atoms with van der Waals surface area (Å²) < 4.78 is 0. The van der Waals surface area contributed by atoms with Crippen LogP contribution in [0, 0.1) is 0 Å². The number of nitrogens with one attached hydrogen (secondary N) is 1. The molecule has 0 amide bonds. The first kappa shape index (κ1) is 15.5. The Balaban J connectivity index is 1.67. The highest BCUT2D eigenvalue weighted by Gasteiger charge is 2.27. The van der Waals surface area contributed by atoms with Gasteiger partial charge in [0.15, 0.2) is 5.82 Å². The molecule has 0 bridgehead atoms. The van der Waals surface area contributed by atoms with Crippen LogP contribution in [0.2, 0.25) is 0 Å². The summed E-state index contributed by atoms with van der Waals surface area (Å²) in [6.07, 6.45) is 5.32. The van der Waals surface area contributed by atoms with E-state index in [2.05, 4.69) is 52.2 Å². The Kier molecular flexibility index (Phi) is 3.96. The van der Waals surface area contributed by atoms with E-state index in [0.717, 1.165) is 49.9 Å².